The van der Waals surface area contributed by atoms with Gasteiger partial charge in [-0.15, -0.1) is 0 Å². The highest BCUT2D eigenvalue weighted by atomic mass is 16.5. The van der Waals surface area contributed by atoms with Crippen LogP contribution in [0.4, 0.5) is 4.79 Å². The minimum atomic E-state index is -0.824. The number of nitrogens with zero attached hydrogens (tertiary/aromatic N) is 1. The van der Waals surface area contributed by atoms with Crippen LogP contribution in [0.5, 0.6) is 0 Å². The summed E-state index contributed by atoms with van der Waals surface area (Å²) in [5.74, 6) is -0.963. The van der Waals surface area contributed by atoms with Gasteiger partial charge in [0.1, 0.15) is 6.61 Å². The van der Waals surface area contributed by atoms with E-state index in [-0.39, 0.29) is 24.3 Å². The number of carboxylic acid groups (broad SMARTS) is 1. The molecule has 0 saturated carbocycles. The van der Waals surface area contributed by atoms with E-state index < -0.39 is 18.0 Å². The molecular formula is C28H34N2O5. The van der Waals surface area contributed by atoms with Gasteiger partial charge in [0.2, 0.25) is 5.91 Å². The zero-order chi connectivity index (χ0) is 24.8. The molecule has 1 aliphatic heterocycles. The van der Waals surface area contributed by atoms with Gasteiger partial charge in [-0.05, 0) is 53.9 Å². The summed E-state index contributed by atoms with van der Waals surface area (Å²) in [7, 11) is 0. The van der Waals surface area contributed by atoms with Crippen molar-refractivity contribution in [2.75, 3.05) is 26.2 Å². The van der Waals surface area contributed by atoms with Crippen LogP contribution in [0.15, 0.2) is 48.5 Å². The number of hydrogen-bond donors (Lipinski definition) is 2. The number of carboxylic acids is 1. The summed E-state index contributed by atoms with van der Waals surface area (Å²) in [4.78, 5) is 37.7. The first-order valence-corrected chi connectivity index (χ1v) is 12.5. The van der Waals surface area contributed by atoms with Crippen LogP contribution in [0, 0.1) is 11.8 Å². The molecule has 1 heterocycles. The van der Waals surface area contributed by atoms with Crippen molar-refractivity contribution in [3.8, 4) is 11.1 Å². The summed E-state index contributed by atoms with van der Waals surface area (Å²) >= 11 is 0. The fraction of sp³-hybridized carbons (Fsp3) is 0.464. The molecule has 1 aliphatic carbocycles. The molecule has 1 saturated heterocycles. The summed E-state index contributed by atoms with van der Waals surface area (Å²) < 4.78 is 5.57. The summed E-state index contributed by atoms with van der Waals surface area (Å²) in [5.41, 5.74) is 4.76. The Morgan fingerprint density at radius 2 is 1.71 bits per heavy atom. The smallest absolute Gasteiger partial charge is 0.407 e. The van der Waals surface area contributed by atoms with Gasteiger partial charge in [0.05, 0.1) is 5.92 Å². The first-order chi connectivity index (χ1) is 16.9. The number of hydrogen-bond acceptors (Lipinski definition) is 4. The number of fused-ring (bicyclic) bond motifs is 3. The molecule has 186 valence electrons. The minimum Gasteiger partial charge on any atom is -0.481 e. The standard InChI is InChI=1S/C28H34N2O5/c1-19(12-13-26(31)30-16-6-7-20(17-30)27(32)33)14-15-29-28(34)35-18-25-23-10-4-2-8-21(23)22-9-3-5-11-24(22)25/h2-5,8-11,19-20,25H,6-7,12-18H2,1H3,(H,29,34)(H,32,33)/t19?,20-/m1/s1. The molecule has 2 aromatic carbocycles. The topological polar surface area (TPSA) is 95.9 Å². The predicted molar refractivity (Wildman–Crippen MR) is 133 cm³/mol. The monoisotopic (exact) mass is 478 g/mol. The zero-order valence-electron chi connectivity index (χ0n) is 20.2. The number of amides is 2. The Labute approximate surface area is 206 Å². The summed E-state index contributed by atoms with van der Waals surface area (Å²) in [6.07, 6.45) is 2.80. The maximum atomic E-state index is 12.5. The highest BCUT2D eigenvalue weighted by Gasteiger charge is 2.29. The number of nitrogens with one attached hydrogen (secondary N) is 1. The Hall–Kier alpha value is -3.35. The third kappa shape index (κ3) is 6.02. The van der Waals surface area contributed by atoms with E-state index in [1.54, 1.807) is 4.90 Å². The number of benzene rings is 2. The van der Waals surface area contributed by atoms with Gasteiger partial charge in [0.25, 0.3) is 0 Å². The van der Waals surface area contributed by atoms with Crippen LogP contribution in [0.1, 0.15) is 56.1 Å². The van der Waals surface area contributed by atoms with Gasteiger partial charge in [0.15, 0.2) is 0 Å². The lowest BCUT2D eigenvalue weighted by molar-refractivity contribution is -0.145. The lowest BCUT2D eigenvalue weighted by Gasteiger charge is -2.31. The molecule has 7 nitrogen and oxygen atoms in total. The highest BCUT2D eigenvalue weighted by molar-refractivity contribution is 5.79. The first kappa shape index (κ1) is 24.8. The molecule has 2 atom stereocenters. The Morgan fingerprint density at radius 1 is 1.06 bits per heavy atom. The number of carbonyl (C=O) groups is 3. The summed E-state index contributed by atoms with van der Waals surface area (Å²) in [6, 6.07) is 16.5. The lowest BCUT2D eigenvalue weighted by atomic mass is 9.97. The van der Waals surface area contributed by atoms with Gasteiger partial charge in [0, 0.05) is 32.0 Å². The van der Waals surface area contributed by atoms with Crippen LogP contribution in [0.3, 0.4) is 0 Å². The normalized spacial score (nSPS) is 17.9. The highest BCUT2D eigenvalue weighted by Crippen LogP contribution is 2.44. The van der Waals surface area contributed by atoms with E-state index in [0.717, 1.165) is 12.8 Å². The number of alkyl carbamates (subject to hydrolysis) is 1. The number of aliphatic carboxylic acids is 1. The Kier molecular flexibility index (Phi) is 8.06. The lowest BCUT2D eigenvalue weighted by Crippen LogP contribution is -2.42. The van der Waals surface area contributed by atoms with Crippen LogP contribution in [-0.4, -0.2) is 54.2 Å². The van der Waals surface area contributed by atoms with Crippen molar-refractivity contribution in [3.63, 3.8) is 0 Å². The van der Waals surface area contributed by atoms with Crippen molar-refractivity contribution >= 4 is 18.0 Å². The van der Waals surface area contributed by atoms with Crippen LogP contribution in [-0.2, 0) is 14.3 Å². The summed E-state index contributed by atoms with van der Waals surface area (Å²) in [6.45, 7) is 3.78. The van der Waals surface area contributed by atoms with Gasteiger partial charge in [-0.25, -0.2) is 4.79 Å². The number of carbonyl (C=O) groups excluding carboxylic acids is 2. The van der Waals surface area contributed by atoms with Crippen molar-refractivity contribution < 1.29 is 24.2 Å². The number of ether oxygens (including phenoxy) is 1. The Bertz CT molecular complexity index is 1020. The molecule has 0 spiro atoms. The van der Waals surface area contributed by atoms with Gasteiger partial charge >= 0.3 is 12.1 Å². The zero-order valence-corrected chi connectivity index (χ0v) is 20.2. The second kappa shape index (κ2) is 11.4. The molecular weight excluding hydrogens is 444 g/mol. The summed E-state index contributed by atoms with van der Waals surface area (Å²) in [5, 5.41) is 12.0. The van der Waals surface area contributed by atoms with E-state index >= 15 is 0 Å². The van der Waals surface area contributed by atoms with Crippen LogP contribution in [0.25, 0.3) is 11.1 Å². The SMILES string of the molecule is CC(CCNC(=O)OCC1c2ccccc2-c2ccccc21)CCC(=O)N1CCC[C@@H](C(=O)O)C1. The molecule has 1 fully saturated rings. The van der Waals surface area contributed by atoms with Crippen molar-refractivity contribution in [3.05, 3.63) is 59.7 Å². The van der Waals surface area contributed by atoms with Crippen LogP contribution < -0.4 is 5.32 Å². The van der Waals surface area contributed by atoms with Crippen molar-refractivity contribution in [2.45, 2.75) is 44.9 Å². The second-order valence-corrected chi connectivity index (χ2v) is 9.70. The third-order valence-electron chi connectivity index (χ3n) is 7.22. The van der Waals surface area contributed by atoms with Gasteiger partial charge in [-0.2, -0.15) is 0 Å². The van der Waals surface area contributed by atoms with Crippen molar-refractivity contribution in [1.29, 1.82) is 0 Å². The van der Waals surface area contributed by atoms with E-state index in [1.807, 2.05) is 24.3 Å². The molecule has 2 aromatic rings. The minimum absolute atomic E-state index is 0.0206. The number of rotatable bonds is 9. The molecule has 0 bridgehead atoms. The van der Waals surface area contributed by atoms with Crippen LogP contribution in [0.2, 0.25) is 0 Å². The molecule has 35 heavy (non-hydrogen) atoms. The molecule has 0 aromatic heterocycles. The Balaban J connectivity index is 1.16. The average molecular weight is 479 g/mol. The molecule has 0 radical (unpaired) electrons. The second-order valence-electron chi connectivity index (χ2n) is 9.70. The van der Waals surface area contributed by atoms with Gasteiger partial charge in [-0.3, -0.25) is 9.59 Å². The fourth-order valence-corrected chi connectivity index (χ4v) is 5.15. The Morgan fingerprint density at radius 3 is 2.37 bits per heavy atom. The van der Waals surface area contributed by atoms with Gasteiger partial charge < -0.3 is 20.1 Å². The molecule has 1 unspecified atom stereocenters. The van der Waals surface area contributed by atoms with Crippen molar-refractivity contribution in [2.24, 2.45) is 11.8 Å². The van der Waals surface area contributed by atoms with Crippen LogP contribution >= 0.6 is 0 Å². The van der Waals surface area contributed by atoms with Gasteiger partial charge in [-0.1, -0.05) is 55.5 Å². The maximum Gasteiger partial charge on any atom is 0.407 e. The third-order valence-corrected chi connectivity index (χ3v) is 7.22. The molecule has 2 amide bonds. The van der Waals surface area contributed by atoms with E-state index in [9.17, 15) is 19.5 Å². The largest absolute Gasteiger partial charge is 0.481 e. The molecule has 2 N–H and O–H groups in total. The van der Waals surface area contributed by atoms with Crippen molar-refractivity contribution in [1.82, 2.24) is 10.2 Å². The average Bonchev–Trinajstić information content (AvgIpc) is 3.19. The van der Waals surface area contributed by atoms with E-state index in [4.69, 9.17) is 4.74 Å². The van der Waals surface area contributed by atoms with E-state index in [0.29, 0.717) is 38.9 Å². The predicted octanol–water partition coefficient (Wildman–Crippen LogP) is 4.65. The van der Waals surface area contributed by atoms with E-state index in [1.165, 1.54) is 22.3 Å². The quantitative estimate of drug-likeness (QED) is 0.547. The molecule has 7 heteroatoms. The maximum absolute atomic E-state index is 12.5. The number of piperidine rings is 1. The van der Waals surface area contributed by atoms with E-state index in [2.05, 4.69) is 36.5 Å². The fourth-order valence-electron chi connectivity index (χ4n) is 5.15. The molecule has 2 aliphatic rings. The molecule has 4 rings (SSSR count). The number of likely N-dealkylation sites (tertiary alicyclic amines) is 1. The first-order valence-electron chi connectivity index (χ1n) is 12.5.